The standard InChI is InChI=1S/C21H27FO3/c1-2-24-18-10-9-17-16-8-7-15(11-19(16)25-21(17)20(18)22)14-5-3-13(12-23)4-6-14/h9-10,12-16,19H,2-8,11H2,1H3/t13?,14?,15-,16+,19-/m1/s1. The number of fused-ring (bicyclic) bond motifs is 3. The number of ether oxygens (including phenoxy) is 2. The molecule has 1 aromatic rings. The Morgan fingerprint density at radius 3 is 2.64 bits per heavy atom. The Balaban J connectivity index is 1.45. The van der Waals surface area contributed by atoms with E-state index in [1.807, 2.05) is 13.0 Å². The highest BCUT2D eigenvalue weighted by Gasteiger charge is 2.43. The molecule has 0 radical (unpaired) electrons. The number of carbonyl (C=O) groups excluding carboxylic acids is 1. The van der Waals surface area contributed by atoms with Gasteiger partial charge >= 0.3 is 0 Å². The molecular weight excluding hydrogens is 319 g/mol. The summed E-state index contributed by atoms with van der Waals surface area (Å²) in [4.78, 5) is 11.0. The largest absolute Gasteiger partial charge is 0.491 e. The monoisotopic (exact) mass is 346 g/mol. The molecule has 0 aromatic heterocycles. The van der Waals surface area contributed by atoms with Crippen LogP contribution in [0, 0.1) is 23.6 Å². The van der Waals surface area contributed by atoms with E-state index in [0.29, 0.717) is 35.9 Å². The van der Waals surface area contributed by atoms with Crippen molar-refractivity contribution in [3.05, 3.63) is 23.5 Å². The van der Waals surface area contributed by atoms with Crippen LogP contribution in [0.1, 0.15) is 63.4 Å². The van der Waals surface area contributed by atoms with Gasteiger partial charge in [0.1, 0.15) is 12.4 Å². The van der Waals surface area contributed by atoms with Gasteiger partial charge in [0, 0.05) is 17.4 Å². The lowest BCUT2D eigenvalue weighted by Gasteiger charge is -2.38. The first kappa shape index (κ1) is 16.9. The Hall–Kier alpha value is -1.58. The first-order valence-electron chi connectivity index (χ1n) is 9.78. The normalized spacial score (nSPS) is 33.9. The Bertz CT molecular complexity index is 636. The molecule has 2 fully saturated rings. The van der Waals surface area contributed by atoms with Crippen LogP contribution in [0.15, 0.2) is 12.1 Å². The molecule has 0 unspecified atom stereocenters. The molecule has 0 spiro atoms. The second-order valence-electron chi connectivity index (χ2n) is 7.88. The lowest BCUT2D eigenvalue weighted by atomic mass is 9.68. The van der Waals surface area contributed by atoms with Crippen molar-refractivity contribution in [1.82, 2.24) is 0 Å². The third kappa shape index (κ3) is 3.04. The van der Waals surface area contributed by atoms with Gasteiger partial charge in [0.2, 0.25) is 5.82 Å². The van der Waals surface area contributed by atoms with Gasteiger partial charge in [0.15, 0.2) is 11.5 Å². The van der Waals surface area contributed by atoms with Gasteiger partial charge in [-0.1, -0.05) is 6.07 Å². The summed E-state index contributed by atoms with van der Waals surface area (Å²) in [5, 5.41) is 0. The van der Waals surface area contributed by atoms with Gasteiger partial charge in [-0.25, -0.2) is 0 Å². The summed E-state index contributed by atoms with van der Waals surface area (Å²) >= 11 is 0. The smallest absolute Gasteiger partial charge is 0.207 e. The van der Waals surface area contributed by atoms with Gasteiger partial charge in [-0.2, -0.15) is 4.39 Å². The van der Waals surface area contributed by atoms with Crippen LogP contribution in [0.2, 0.25) is 0 Å². The van der Waals surface area contributed by atoms with E-state index >= 15 is 0 Å². The second kappa shape index (κ2) is 6.97. The van der Waals surface area contributed by atoms with Crippen LogP contribution in [-0.4, -0.2) is 19.0 Å². The predicted octanol–water partition coefficient (Wildman–Crippen LogP) is 4.87. The van der Waals surface area contributed by atoms with Crippen LogP contribution < -0.4 is 9.47 Å². The maximum absolute atomic E-state index is 14.7. The zero-order chi connectivity index (χ0) is 17.4. The van der Waals surface area contributed by atoms with Crippen LogP contribution in [-0.2, 0) is 4.79 Å². The van der Waals surface area contributed by atoms with Crippen molar-refractivity contribution >= 4 is 6.29 Å². The van der Waals surface area contributed by atoms with Crippen LogP contribution in [0.25, 0.3) is 0 Å². The number of carbonyl (C=O) groups is 1. The van der Waals surface area contributed by atoms with Crippen molar-refractivity contribution in [1.29, 1.82) is 0 Å². The van der Waals surface area contributed by atoms with Crippen LogP contribution in [0.4, 0.5) is 4.39 Å². The molecule has 25 heavy (non-hydrogen) atoms. The number of hydrogen-bond acceptors (Lipinski definition) is 3. The summed E-state index contributed by atoms with van der Waals surface area (Å²) in [6, 6.07) is 3.74. The quantitative estimate of drug-likeness (QED) is 0.729. The summed E-state index contributed by atoms with van der Waals surface area (Å²) in [6.07, 6.45) is 8.88. The third-order valence-corrected chi connectivity index (χ3v) is 6.57. The zero-order valence-electron chi connectivity index (χ0n) is 14.9. The summed E-state index contributed by atoms with van der Waals surface area (Å²) in [5.41, 5.74) is 1.02. The Morgan fingerprint density at radius 1 is 1.16 bits per heavy atom. The van der Waals surface area contributed by atoms with Crippen LogP contribution in [0.5, 0.6) is 11.5 Å². The summed E-state index contributed by atoms with van der Waals surface area (Å²) in [6.45, 7) is 2.31. The minimum atomic E-state index is -0.336. The highest BCUT2D eigenvalue weighted by molar-refractivity contribution is 5.53. The van der Waals surface area contributed by atoms with Gasteiger partial charge in [-0.3, -0.25) is 0 Å². The van der Waals surface area contributed by atoms with E-state index in [1.54, 1.807) is 6.07 Å². The average Bonchev–Trinajstić information content (AvgIpc) is 3.03. The average molecular weight is 346 g/mol. The van der Waals surface area contributed by atoms with Gasteiger partial charge < -0.3 is 14.3 Å². The van der Waals surface area contributed by atoms with Crippen molar-refractivity contribution in [2.75, 3.05) is 6.61 Å². The van der Waals surface area contributed by atoms with Gasteiger partial charge in [0.25, 0.3) is 0 Å². The molecule has 1 aliphatic heterocycles. The van der Waals surface area contributed by atoms with Crippen molar-refractivity contribution < 1.29 is 18.7 Å². The fourth-order valence-electron chi connectivity index (χ4n) is 5.21. The highest BCUT2D eigenvalue weighted by atomic mass is 19.1. The molecule has 0 saturated heterocycles. The molecule has 3 nitrogen and oxygen atoms in total. The minimum Gasteiger partial charge on any atom is -0.491 e. The third-order valence-electron chi connectivity index (χ3n) is 6.57. The number of halogens is 1. The van der Waals surface area contributed by atoms with E-state index in [0.717, 1.165) is 50.4 Å². The number of aldehydes is 1. The number of benzene rings is 1. The molecule has 3 atom stereocenters. The molecule has 4 rings (SSSR count). The molecule has 1 heterocycles. The van der Waals surface area contributed by atoms with E-state index in [9.17, 15) is 9.18 Å². The first-order chi connectivity index (χ1) is 12.2. The van der Waals surface area contributed by atoms with Crippen LogP contribution >= 0.6 is 0 Å². The minimum absolute atomic E-state index is 0.101. The highest BCUT2D eigenvalue weighted by Crippen LogP contribution is 2.51. The van der Waals surface area contributed by atoms with Crippen molar-refractivity contribution in [2.45, 2.75) is 63.9 Å². The summed E-state index contributed by atoms with van der Waals surface area (Å²) < 4.78 is 26.1. The Morgan fingerprint density at radius 2 is 1.92 bits per heavy atom. The molecule has 0 bridgehead atoms. The summed E-state index contributed by atoms with van der Waals surface area (Å²) in [7, 11) is 0. The lowest BCUT2D eigenvalue weighted by Crippen LogP contribution is -2.33. The van der Waals surface area contributed by atoms with Gasteiger partial charge in [-0.05, 0) is 69.8 Å². The second-order valence-corrected chi connectivity index (χ2v) is 7.88. The number of rotatable bonds is 4. The fourth-order valence-corrected chi connectivity index (χ4v) is 5.21. The Kier molecular flexibility index (Phi) is 4.70. The molecule has 2 saturated carbocycles. The van der Waals surface area contributed by atoms with Crippen molar-refractivity contribution in [2.24, 2.45) is 17.8 Å². The van der Waals surface area contributed by atoms with E-state index in [4.69, 9.17) is 9.47 Å². The van der Waals surface area contributed by atoms with E-state index in [-0.39, 0.29) is 17.8 Å². The van der Waals surface area contributed by atoms with Gasteiger partial charge in [0.05, 0.1) is 6.61 Å². The van der Waals surface area contributed by atoms with Crippen molar-refractivity contribution in [3.63, 3.8) is 0 Å². The molecule has 0 amide bonds. The van der Waals surface area contributed by atoms with E-state index < -0.39 is 0 Å². The molecule has 136 valence electrons. The zero-order valence-corrected chi connectivity index (χ0v) is 14.9. The Labute approximate surface area is 148 Å². The molecule has 2 aliphatic carbocycles. The lowest BCUT2D eigenvalue weighted by molar-refractivity contribution is -0.112. The van der Waals surface area contributed by atoms with Crippen LogP contribution in [0.3, 0.4) is 0 Å². The molecule has 3 aliphatic rings. The SMILES string of the molecule is CCOc1ccc2c(c1F)O[C@@H]1C[C@H](C3CCC(C=O)CC3)CC[C@@H]21. The van der Waals surface area contributed by atoms with E-state index in [2.05, 4.69) is 0 Å². The number of hydrogen-bond donors (Lipinski definition) is 0. The van der Waals surface area contributed by atoms with Crippen molar-refractivity contribution in [3.8, 4) is 11.5 Å². The van der Waals surface area contributed by atoms with Gasteiger partial charge in [-0.15, -0.1) is 0 Å². The molecule has 0 N–H and O–H groups in total. The predicted molar refractivity (Wildman–Crippen MR) is 93.6 cm³/mol. The maximum atomic E-state index is 14.7. The molecule has 1 aromatic carbocycles. The summed E-state index contributed by atoms with van der Waals surface area (Å²) in [5.74, 6) is 2.32. The maximum Gasteiger partial charge on any atom is 0.207 e. The topological polar surface area (TPSA) is 35.5 Å². The first-order valence-corrected chi connectivity index (χ1v) is 9.78. The van der Waals surface area contributed by atoms with E-state index in [1.165, 1.54) is 6.42 Å². The molecule has 4 heteroatoms. The fraction of sp³-hybridized carbons (Fsp3) is 0.667. The molecular formula is C21H27FO3.